The highest BCUT2D eigenvalue weighted by Gasteiger charge is 2.19. The van der Waals surface area contributed by atoms with Gasteiger partial charge in [0, 0.05) is 37.3 Å². The van der Waals surface area contributed by atoms with Crippen LogP contribution in [0.3, 0.4) is 0 Å². The molecule has 0 spiro atoms. The molecule has 0 aliphatic carbocycles. The number of likely N-dealkylation sites (N-methyl/N-ethyl adjacent to an activating group) is 1. The Morgan fingerprint density at radius 2 is 1.93 bits per heavy atom. The standard InChI is InChI=1S/C21H21Cl2FN4O2/c1-25-6-7-26-19-12(11-30-2)10-27-20-14(19)8-13(24)9-17(20)28-21(29)18-15(22)4-3-5-16(18)23/h3-5,8-10,25H,6-7,11H2,1-2H3,(H,26,27)(H,28,29). The number of fused-ring (bicyclic) bond motifs is 1. The molecule has 30 heavy (non-hydrogen) atoms. The third-order valence-corrected chi connectivity index (χ3v) is 5.06. The number of halogens is 3. The third-order valence-electron chi connectivity index (χ3n) is 4.43. The molecule has 6 nitrogen and oxygen atoms in total. The Morgan fingerprint density at radius 1 is 1.20 bits per heavy atom. The highest BCUT2D eigenvalue weighted by molar-refractivity contribution is 6.40. The number of benzene rings is 2. The van der Waals surface area contributed by atoms with E-state index in [1.165, 1.54) is 12.1 Å². The predicted molar refractivity (Wildman–Crippen MR) is 119 cm³/mol. The lowest BCUT2D eigenvalue weighted by atomic mass is 10.1. The molecule has 158 valence electrons. The van der Waals surface area contributed by atoms with E-state index >= 15 is 0 Å². The fourth-order valence-electron chi connectivity index (χ4n) is 3.09. The average molecular weight is 451 g/mol. The maximum absolute atomic E-state index is 14.5. The summed E-state index contributed by atoms with van der Waals surface area (Å²) in [5.74, 6) is -1.07. The van der Waals surface area contributed by atoms with E-state index in [4.69, 9.17) is 27.9 Å². The smallest absolute Gasteiger partial charge is 0.258 e. The zero-order valence-electron chi connectivity index (χ0n) is 16.5. The Labute approximate surface area is 183 Å². The lowest BCUT2D eigenvalue weighted by molar-refractivity contribution is 0.102. The summed E-state index contributed by atoms with van der Waals surface area (Å²) in [6.07, 6.45) is 1.64. The number of nitrogens with zero attached hydrogens (tertiary/aromatic N) is 1. The molecule has 3 aromatic rings. The second-order valence-electron chi connectivity index (χ2n) is 6.52. The predicted octanol–water partition coefficient (Wildman–Crippen LogP) is 4.71. The Hall–Kier alpha value is -2.45. The third kappa shape index (κ3) is 4.82. The van der Waals surface area contributed by atoms with Crippen molar-refractivity contribution in [3.63, 3.8) is 0 Å². The number of hydrogen-bond acceptors (Lipinski definition) is 5. The number of aromatic nitrogens is 1. The first-order valence-electron chi connectivity index (χ1n) is 9.20. The van der Waals surface area contributed by atoms with Gasteiger partial charge in [-0.2, -0.15) is 0 Å². The van der Waals surface area contributed by atoms with E-state index < -0.39 is 11.7 Å². The summed E-state index contributed by atoms with van der Waals surface area (Å²) in [5, 5.41) is 9.96. The van der Waals surface area contributed by atoms with E-state index in [2.05, 4.69) is 20.9 Å². The number of ether oxygens (including phenoxy) is 1. The summed E-state index contributed by atoms with van der Waals surface area (Å²) < 4.78 is 19.7. The number of hydrogen-bond donors (Lipinski definition) is 3. The molecule has 3 rings (SSSR count). The molecule has 0 aliphatic rings. The molecule has 1 amide bonds. The van der Waals surface area contributed by atoms with Crippen LogP contribution in [0.15, 0.2) is 36.5 Å². The number of amides is 1. The normalized spacial score (nSPS) is 11.0. The van der Waals surface area contributed by atoms with E-state index in [0.717, 1.165) is 5.56 Å². The van der Waals surface area contributed by atoms with Gasteiger partial charge in [0.2, 0.25) is 0 Å². The Bertz CT molecular complexity index is 1060. The van der Waals surface area contributed by atoms with Crippen LogP contribution in [0.1, 0.15) is 15.9 Å². The maximum Gasteiger partial charge on any atom is 0.258 e. The highest BCUT2D eigenvalue weighted by atomic mass is 35.5. The summed E-state index contributed by atoms with van der Waals surface area (Å²) in [5.41, 5.74) is 2.23. The monoisotopic (exact) mass is 450 g/mol. The number of anilines is 2. The largest absolute Gasteiger partial charge is 0.383 e. The Morgan fingerprint density at radius 3 is 2.60 bits per heavy atom. The highest BCUT2D eigenvalue weighted by Crippen LogP contribution is 2.33. The van der Waals surface area contributed by atoms with E-state index in [-0.39, 0.29) is 21.3 Å². The second-order valence-corrected chi connectivity index (χ2v) is 7.34. The fraction of sp³-hybridized carbons (Fsp3) is 0.238. The molecule has 0 aliphatic heterocycles. The molecule has 9 heteroatoms. The van der Waals surface area contributed by atoms with E-state index in [1.54, 1.807) is 31.5 Å². The number of carbonyl (C=O) groups is 1. The first-order chi connectivity index (χ1) is 14.5. The van der Waals surface area contributed by atoms with Crippen LogP contribution in [0, 0.1) is 5.82 Å². The van der Waals surface area contributed by atoms with Crippen molar-refractivity contribution < 1.29 is 13.9 Å². The van der Waals surface area contributed by atoms with Crippen LogP contribution in [0.2, 0.25) is 10.0 Å². The van der Waals surface area contributed by atoms with E-state index in [1.807, 2.05) is 7.05 Å². The van der Waals surface area contributed by atoms with Crippen molar-refractivity contribution >= 4 is 51.4 Å². The number of rotatable bonds is 8. The van der Waals surface area contributed by atoms with Gasteiger partial charge in [-0.3, -0.25) is 9.78 Å². The molecule has 0 unspecified atom stereocenters. The Balaban J connectivity index is 2.07. The minimum absolute atomic E-state index is 0.113. The zero-order chi connectivity index (χ0) is 21.7. The fourth-order valence-corrected chi connectivity index (χ4v) is 3.66. The van der Waals surface area contributed by atoms with Gasteiger partial charge in [0.05, 0.1) is 39.1 Å². The molecular formula is C21H21Cl2FN4O2. The first kappa shape index (κ1) is 22.2. The molecule has 0 bridgehead atoms. The van der Waals surface area contributed by atoms with Gasteiger partial charge >= 0.3 is 0 Å². The Kier molecular flexibility index (Phi) is 7.44. The summed E-state index contributed by atoms with van der Waals surface area (Å²) in [4.78, 5) is 17.2. The van der Waals surface area contributed by atoms with E-state index in [0.29, 0.717) is 36.3 Å². The van der Waals surface area contributed by atoms with Gasteiger partial charge in [0.15, 0.2) is 0 Å². The number of methoxy groups -OCH3 is 1. The molecule has 0 saturated carbocycles. The van der Waals surface area contributed by atoms with Crippen molar-refractivity contribution in [3.05, 3.63) is 63.5 Å². The molecule has 1 heterocycles. The number of nitrogens with one attached hydrogen (secondary N) is 3. The maximum atomic E-state index is 14.5. The lowest BCUT2D eigenvalue weighted by Crippen LogP contribution is -2.19. The molecule has 0 fully saturated rings. The van der Waals surface area contributed by atoms with Gasteiger partial charge in [-0.25, -0.2) is 4.39 Å². The topological polar surface area (TPSA) is 75.3 Å². The van der Waals surface area contributed by atoms with Gasteiger partial charge in [-0.1, -0.05) is 29.3 Å². The van der Waals surface area contributed by atoms with Crippen LogP contribution in [-0.4, -0.2) is 38.1 Å². The number of carbonyl (C=O) groups excluding carboxylic acids is 1. The average Bonchev–Trinajstić information content (AvgIpc) is 2.69. The molecule has 1 aromatic heterocycles. The van der Waals surface area contributed by atoms with Gasteiger partial charge in [-0.15, -0.1) is 0 Å². The molecule has 0 radical (unpaired) electrons. The van der Waals surface area contributed by atoms with Crippen molar-refractivity contribution in [2.24, 2.45) is 0 Å². The first-order valence-corrected chi connectivity index (χ1v) is 9.95. The van der Waals surface area contributed by atoms with Gasteiger partial charge in [0.1, 0.15) is 5.82 Å². The molecule has 0 saturated heterocycles. The van der Waals surface area contributed by atoms with E-state index in [9.17, 15) is 9.18 Å². The van der Waals surface area contributed by atoms with Crippen molar-refractivity contribution in [1.29, 1.82) is 0 Å². The zero-order valence-corrected chi connectivity index (χ0v) is 18.0. The summed E-state index contributed by atoms with van der Waals surface area (Å²) in [6.45, 7) is 1.62. The summed E-state index contributed by atoms with van der Waals surface area (Å²) >= 11 is 12.3. The molecule has 2 aromatic carbocycles. The quantitative estimate of drug-likeness (QED) is 0.433. The van der Waals surface area contributed by atoms with Crippen molar-refractivity contribution in [2.45, 2.75) is 6.61 Å². The van der Waals surface area contributed by atoms with Crippen molar-refractivity contribution in [1.82, 2.24) is 10.3 Å². The van der Waals surface area contributed by atoms with Crippen LogP contribution >= 0.6 is 23.2 Å². The molecular weight excluding hydrogens is 430 g/mol. The van der Waals surface area contributed by atoms with Crippen LogP contribution in [0.5, 0.6) is 0 Å². The minimum atomic E-state index is -0.551. The van der Waals surface area contributed by atoms with Crippen LogP contribution in [0.25, 0.3) is 10.9 Å². The minimum Gasteiger partial charge on any atom is -0.383 e. The van der Waals surface area contributed by atoms with Crippen molar-refractivity contribution in [2.75, 3.05) is 37.9 Å². The summed E-state index contributed by atoms with van der Waals surface area (Å²) in [6, 6.07) is 7.35. The summed E-state index contributed by atoms with van der Waals surface area (Å²) in [7, 11) is 3.42. The number of pyridine rings is 1. The lowest BCUT2D eigenvalue weighted by Gasteiger charge is -2.17. The SMILES string of the molecule is CNCCNc1c(COC)cnc2c(NC(=O)c3c(Cl)cccc3Cl)cc(F)cc12. The van der Waals surface area contributed by atoms with Gasteiger partial charge in [-0.05, 0) is 31.3 Å². The van der Waals surface area contributed by atoms with Crippen LogP contribution in [-0.2, 0) is 11.3 Å². The van der Waals surface area contributed by atoms with Crippen LogP contribution in [0.4, 0.5) is 15.8 Å². The second kappa shape index (κ2) is 10.0. The van der Waals surface area contributed by atoms with Gasteiger partial charge in [0.25, 0.3) is 5.91 Å². The molecule has 3 N–H and O–H groups in total. The van der Waals surface area contributed by atoms with Gasteiger partial charge < -0.3 is 20.7 Å². The van der Waals surface area contributed by atoms with Crippen LogP contribution < -0.4 is 16.0 Å². The van der Waals surface area contributed by atoms with Crippen molar-refractivity contribution in [3.8, 4) is 0 Å². The molecule has 0 atom stereocenters.